The third kappa shape index (κ3) is 2.62. The Morgan fingerprint density at radius 3 is 2.71 bits per heavy atom. The Bertz CT molecular complexity index is 603. The summed E-state index contributed by atoms with van der Waals surface area (Å²) in [6, 6.07) is 0.373. The zero-order chi connectivity index (χ0) is 16.7. The molecule has 0 aromatic carbocycles. The van der Waals surface area contributed by atoms with E-state index >= 15 is 0 Å². The van der Waals surface area contributed by atoms with Gasteiger partial charge in [-0.05, 0) is 26.2 Å². The first-order valence-electron chi connectivity index (χ1n) is 8.62. The van der Waals surface area contributed by atoms with Gasteiger partial charge in [-0.15, -0.1) is 0 Å². The number of hydrogen-bond donors (Lipinski definition) is 0. The van der Waals surface area contributed by atoms with Crippen LogP contribution in [0.5, 0.6) is 0 Å². The van der Waals surface area contributed by atoms with Gasteiger partial charge in [0, 0.05) is 39.3 Å². The van der Waals surface area contributed by atoms with Crippen LogP contribution in [0.1, 0.15) is 37.1 Å². The number of aromatic nitrogens is 2. The topological polar surface area (TPSA) is 80.9 Å². The molecule has 132 valence electrons. The molecule has 8 heteroatoms. The monoisotopic (exact) mass is 336 g/mol. The summed E-state index contributed by atoms with van der Waals surface area (Å²) in [5, 5.41) is 3.83. The standard InChI is InChI=1S/C16H24N4O4/c1-11-17-14(24-18-11)13-10-19(6-7-23-13)12-8-20(9-12)15(21)16(22-2)4-3-5-16/h12-13H,3-10H2,1-2H3. The van der Waals surface area contributed by atoms with Crippen LogP contribution in [0.2, 0.25) is 0 Å². The number of ether oxygens (including phenoxy) is 2. The Hall–Kier alpha value is -1.51. The van der Waals surface area contributed by atoms with E-state index in [0.717, 1.165) is 45.4 Å². The summed E-state index contributed by atoms with van der Waals surface area (Å²) in [6.45, 7) is 5.56. The number of carbonyl (C=O) groups is 1. The molecule has 2 saturated heterocycles. The second-order valence-electron chi connectivity index (χ2n) is 6.95. The maximum atomic E-state index is 12.6. The lowest BCUT2D eigenvalue weighted by Crippen LogP contribution is -2.67. The predicted molar refractivity (Wildman–Crippen MR) is 83.3 cm³/mol. The van der Waals surface area contributed by atoms with Crippen molar-refractivity contribution in [1.29, 1.82) is 0 Å². The van der Waals surface area contributed by atoms with Gasteiger partial charge in [0.05, 0.1) is 6.61 Å². The van der Waals surface area contributed by atoms with Crippen molar-refractivity contribution < 1.29 is 18.8 Å². The third-order valence-electron chi connectivity index (χ3n) is 5.52. The van der Waals surface area contributed by atoms with Crippen molar-refractivity contribution in [1.82, 2.24) is 19.9 Å². The SMILES string of the molecule is COC1(C(=O)N2CC(N3CCOC(c4nc(C)no4)C3)C2)CCC1. The molecular formula is C16H24N4O4. The van der Waals surface area contributed by atoms with Crippen molar-refractivity contribution in [2.75, 3.05) is 39.9 Å². The molecule has 1 unspecified atom stereocenters. The van der Waals surface area contributed by atoms with Gasteiger partial charge in [-0.3, -0.25) is 9.69 Å². The zero-order valence-electron chi connectivity index (χ0n) is 14.2. The van der Waals surface area contributed by atoms with Crippen molar-refractivity contribution in [2.24, 2.45) is 0 Å². The van der Waals surface area contributed by atoms with Crippen LogP contribution in [0.25, 0.3) is 0 Å². The van der Waals surface area contributed by atoms with Gasteiger partial charge in [0.25, 0.3) is 11.8 Å². The summed E-state index contributed by atoms with van der Waals surface area (Å²) < 4.78 is 16.5. The minimum Gasteiger partial charge on any atom is -0.368 e. The molecule has 1 amide bonds. The van der Waals surface area contributed by atoms with Gasteiger partial charge >= 0.3 is 0 Å². The molecule has 24 heavy (non-hydrogen) atoms. The molecule has 0 N–H and O–H groups in total. The summed E-state index contributed by atoms with van der Waals surface area (Å²) in [4.78, 5) is 21.2. The van der Waals surface area contributed by atoms with Crippen LogP contribution >= 0.6 is 0 Å². The predicted octanol–water partition coefficient (Wildman–Crippen LogP) is 0.531. The number of methoxy groups -OCH3 is 1. The van der Waals surface area contributed by atoms with Gasteiger partial charge in [0.1, 0.15) is 11.7 Å². The largest absolute Gasteiger partial charge is 0.368 e. The Kier molecular flexibility index (Phi) is 4.06. The van der Waals surface area contributed by atoms with Gasteiger partial charge in [-0.2, -0.15) is 4.98 Å². The number of likely N-dealkylation sites (tertiary alicyclic amines) is 1. The van der Waals surface area contributed by atoms with Gasteiger partial charge in [0.15, 0.2) is 5.82 Å². The molecule has 1 aromatic rings. The van der Waals surface area contributed by atoms with Crippen LogP contribution in [0.15, 0.2) is 4.52 Å². The fraction of sp³-hybridized carbons (Fsp3) is 0.812. The van der Waals surface area contributed by atoms with Crippen LogP contribution in [-0.4, -0.2) is 77.4 Å². The van der Waals surface area contributed by atoms with Crippen LogP contribution in [0.3, 0.4) is 0 Å². The second kappa shape index (κ2) is 6.09. The molecule has 3 fully saturated rings. The van der Waals surface area contributed by atoms with Crippen molar-refractivity contribution in [2.45, 2.75) is 43.9 Å². The average molecular weight is 336 g/mol. The van der Waals surface area contributed by atoms with Crippen molar-refractivity contribution >= 4 is 5.91 Å². The number of amides is 1. The fourth-order valence-electron chi connectivity index (χ4n) is 3.74. The van der Waals surface area contributed by atoms with E-state index < -0.39 is 5.60 Å². The van der Waals surface area contributed by atoms with E-state index in [1.807, 2.05) is 4.90 Å². The minimum atomic E-state index is -0.542. The van der Waals surface area contributed by atoms with Gasteiger partial charge in [0.2, 0.25) is 0 Å². The molecule has 4 rings (SSSR count). The first-order chi connectivity index (χ1) is 11.6. The van der Waals surface area contributed by atoms with E-state index in [9.17, 15) is 4.79 Å². The lowest BCUT2D eigenvalue weighted by Gasteiger charge is -2.51. The fourth-order valence-corrected chi connectivity index (χ4v) is 3.74. The van der Waals surface area contributed by atoms with Crippen LogP contribution < -0.4 is 0 Å². The van der Waals surface area contributed by atoms with E-state index in [1.54, 1.807) is 14.0 Å². The first-order valence-corrected chi connectivity index (χ1v) is 8.62. The van der Waals surface area contributed by atoms with Crippen molar-refractivity contribution in [3.05, 3.63) is 11.7 Å². The lowest BCUT2D eigenvalue weighted by atomic mass is 9.78. The maximum absolute atomic E-state index is 12.6. The number of rotatable bonds is 4. The number of morpholine rings is 1. The molecular weight excluding hydrogens is 312 g/mol. The Morgan fingerprint density at radius 1 is 1.33 bits per heavy atom. The van der Waals surface area contributed by atoms with E-state index in [2.05, 4.69) is 15.0 Å². The van der Waals surface area contributed by atoms with Crippen LogP contribution in [0.4, 0.5) is 0 Å². The molecule has 0 radical (unpaired) electrons. The Labute approximate surface area is 141 Å². The number of carbonyl (C=O) groups excluding carboxylic acids is 1. The normalized spacial score (nSPS) is 27.6. The minimum absolute atomic E-state index is 0.157. The van der Waals surface area contributed by atoms with Gasteiger partial charge in [-0.25, -0.2) is 0 Å². The third-order valence-corrected chi connectivity index (χ3v) is 5.52. The maximum Gasteiger partial charge on any atom is 0.257 e. The molecule has 8 nitrogen and oxygen atoms in total. The molecule has 3 heterocycles. The number of aryl methyl sites for hydroxylation is 1. The average Bonchev–Trinajstić information content (AvgIpc) is 2.92. The van der Waals surface area contributed by atoms with Gasteiger partial charge in [-0.1, -0.05) is 5.16 Å². The summed E-state index contributed by atoms with van der Waals surface area (Å²) in [5.41, 5.74) is -0.542. The molecule has 1 saturated carbocycles. The molecule has 0 spiro atoms. The highest BCUT2D eigenvalue weighted by molar-refractivity contribution is 5.87. The molecule has 0 bridgehead atoms. The smallest absolute Gasteiger partial charge is 0.257 e. The summed E-state index contributed by atoms with van der Waals surface area (Å²) >= 11 is 0. The van der Waals surface area contributed by atoms with Crippen molar-refractivity contribution in [3.8, 4) is 0 Å². The Morgan fingerprint density at radius 2 is 2.12 bits per heavy atom. The first kappa shape index (κ1) is 16.0. The second-order valence-corrected chi connectivity index (χ2v) is 6.95. The number of hydrogen-bond acceptors (Lipinski definition) is 7. The molecule has 3 aliphatic rings. The quantitative estimate of drug-likeness (QED) is 0.793. The van der Waals surface area contributed by atoms with E-state index in [-0.39, 0.29) is 12.0 Å². The summed E-state index contributed by atoms with van der Waals surface area (Å²) in [7, 11) is 1.65. The summed E-state index contributed by atoms with van der Waals surface area (Å²) in [5.74, 6) is 1.32. The van der Waals surface area contributed by atoms with E-state index in [4.69, 9.17) is 14.0 Å². The van der Waals surface area contributed by atoms with E-state index in [1.165, 1.54) is 0 Å². The zero-order valence-corrected chi connectivity index (χ0v) is 14.2. The molecule has 1 aliphatic carbocycles. The highest BCUT2D eigenvalue weighted by Crippen LogP contribution is 2.38. The highest BCUT2D eigenvalue weighted by Gasteiger charge is 2.50. The van der Waals surface area contributed by atoms with Gasteiger partial charge < -0.3 is 18.9 Å². The summed E-state index contributed by atoms with van der Waals surface area (Å²) in [6.07, 6.45) is 2.59. The number of nitrogens with zero attached hydrogens (tertiary/aromatic N) is 4. The molecule has 1 aromatic heterocycles. The Balaban J connectivity index is 1.32. The molecule has 1 atom stereocenters. The van der Waals surface area contributed by atoms with Crippen molar-refractivity contribution in [3.63, 3.8) is 0 Å². The van der Waals surface area contributed by atoms with Crippen LogP contribution in [-0.2, 0) is 14.3 Å². The lowest BCUT2D eigenvalue weighted by molar-refractivity contribution is -0.175. The van der Waals surface area contributed by atoms with Crippen LogP contribution in [0, 0.1) is 6.92 Å². The molecule has 2 aliphatic heterocycles. The van der Waals surface area contributed by atoms with E-state index in [0.29, 0.717) is 24.4 Å². The highest BCUT2D eigenvalue weighted by atomic mass is 16.5.